The van der Waals surface area contributed by atoms with Gasteiger partial charge in [-0.1, -0.05) is 30.3 Å². The smallest absolute Gasteiger partial charge is 0.323 e. The van der Waals surface area contributed by atoms with Crippen LogP contribution in [0.4, 0.5) is 5.69 Å². The van der Waals surface area contributed by atoms with E-state index in [0.717, 1.165) is 33.3 Å². The van der Waals surface area contributed by atoms with Crippen molar-refractivity contribution in [3.63, 3.8) is 0 Å². The zero-order valence-corrected chi connectivity index (χ0v) is 19.4. The van der Waals surface area contributed by atoms with Gasteiger partial charge in [0, 0.05) is 29.2 Å². The summed E-state index contributed by atoms with van der Waals surface area (Å²) in [5.41, 5.74) is 10.9. The number of carbonyl (C=O) groups excluding carboxylic acids is 2. The normalized spacial score (nSPS) is 23.7. The molecular weight excluding hydrogens is 432 g/mol. The van der Waals surface area contributed by atoms with Gasteiger partial charge in [0.15, 0.2) is 0 Å². The van der Waals surface area contributed by atoms with Gasteiger partial charge in [0.2, 0.25) is 0 Å². The number of ether oxygens (including phenoxy) is 2. The largest absolute Gasteiger partial charge is 0.465 e. The number of carbonyl (C=O) groups is 2. The average molecular weight is 463 g/mol. The van der Waals surface area contributed by atoms with Crippen LogP contribution in [0.5, 0.6) is 0 Å². The molecule has 4 atom stereocenters. The van der Waals surface area contributed by atoms with Crippen molar-refractivity contribution in [2.45, 2.75) is 50.4 Å². The summed E-state index contributed by atoms with van der Waals surface area (Å²) < 4.78 is 10.4. The lowest BCUT2D eigenvalue weighted by atomic mass is 9.72. The molecule has 1 saturated heterocycles. The summed E-state index contributed by atoms with van der Waals surface area (Å²) in [4.78, 5) is 28.0. The summed E-state index contributed by atoms with van der Waals surface area (Å²) in [6.45, 7) is 4.25. The highest BCUT2D eigenvalue weighted by molar-refractivity contribution is 5.86. The predicted octanol–water partition coefficient (Wildman–Crippen LogP) is 2.56. The number of H-pyrrole nitrogens is 1. The van der Waals surface area contributed by atoms with Crippen LogP contribution in [0.3, 0.4) is 0 Å². The third kappa shape index (κ3) is 3.54. The standard InChI is InChI=1S/C26H30N4O4/c1-3-33-23(31)19(27)11-15-14-28-21-12-16(9-10-17(15)21)26-13-22(24(32)34-4-2)30-25(26)29-20-8-6-5-7-18(20)26/h5-10,12,14,19,22,25,28-30H,3-4,11,13,27H2,1-2H3/t19-,22-,25+,26-/m0/s1. The summed E-state index contributed by atoms with van der Waals surface area (Å²) >= 11 is 0. The van der Waals surface area contributed by atoms with Gasteiger partial charge in [-0.2, -0.15) is 0 Å². The molecule has 0 saturated carbocycles. The number of anilines is 1. The minimum absolute atomic E-state index is 0.136. The van der Waals surface area contributed by atoms with Crippen molar-refractivity contribution in [3.8, 4) is 0 Å². The Labute approximate surface area is 198 Å². The molecule has 0 aliphatic carbocycles. The molecule has 5 rings (SSSR count). The van der Waals surface area contributed by atoms with E-state index in [4.69, 9.17) is 15.2 Å². The van der Waals surface area contributed by atoms with E-state index in [1.165, 1.54) is 0 Å². The molecule has 2 aromatic carbocycles. The first-order valence-corrected chi connectivity index (χ1v) is 11.8. The van der Waals surface area contributed by atoms with Crippen molar-refractivity contribution in [2.24, 2.45) is 5.73 Å². The molecule has 3 heterocycles. The number of rotatable bonds is 7. The number of fused-ring (bicyclic) bond motifs is 4. The van der Waals surface area contributed by atoms with Crippen LogP contribution in [0.25, 0.3) is 10.9 Å². The quantitative estimate of drug-likeness (QED) is 0.399. The van der Waals surface area contributed by atoms with Gasteiger partial charge in [-0.05, 0) is 49.1 Å². The molecule has 0 spiro atoms. The van der Waals surface area contributed by atoms with Crippen LogP contribution in [0.15, 0.2) is 48.7 Å². The first kappa shape index (κ1) is 22.4. The molecule has 0 radical (unpaired) electrons. The zero-order chi connectivity index (χ0) is 23.9. The Hall–Kier alpha value is -3.36. The Kier molecular flexibility index (Phi) is 5.79. The van der Waals surface area contributed by atoms with Gasteiger partial charge in [0.1, 0.15) is 12.1 Å². The second-order valence-electron chi connectivity index (χ2n) is 8.91. The van der Waals surface area contributed by atoms with E-state index in [1.807, 2.05) is 25.3 Å². The minimum Gasteiger partial charge on any atom is -0.465 e. The Morgan fingerprint density at radius 2 is 1.94 bits per heavy atom. The molecule has 0 bridgehead atoms. The average Bonchev–Trinajstić information content (AvgIpc) is 3.49. The third-order valence-corrected chi connectivity index (χ3v) is 6.98. The topological polar surface area (TPSA) is 118 Å². The molecule has 8 heteroatoms. The lowest BCUT2D eigenvalue weighted by Crippen LogP contribution is -2.43. The summed E-state index contributed by atoms with van der Waals surface area (Å²) in [5, 5.41) is 8.05. The van der Waals surface area contributed by atoms with Gasteiger partial charge in [0.25, 0.3) is 0 Å². The van der Waals surface area contributed by atoms with Crippen LogP contribution >= 0.6 is 0 Å². The van der Waals surface area contributed by atoms with Gasteiger partial charge in [-0.3, -0.25) is 14.9 Å². The Balaban J connectivity index is 1.52. The molecule has 178 valence electrons. The number of para-hydroxylation sites is 1. The van der Waals surface area contributed by atoms with Crippen molar-refractivity contribution >= 4 is 28.5 Å². The lowest BCUT2D eigenvalue weighted by molar-refractivity contribution is -0.145. The second-order valence-corrected chi connectivity index (χ2v) is 8.91. The number of benzene rings is 2. The predicted molar refractivity (Wildman–Crippen MR) is 129 cm³/mol. The van der Waals surface area contributed by atoms with E-state index in [2.05, 4.69) is 45.9 Å². The first-order chi connectivity index (χ1) is 16.5. The van der Waals surface area contributed by atoms with Crippen LogP contribution in [-0.4, -0.2) is 48.4 Å². The maximum atomic E-state index is 12.6. The highest BCUT2D eigenvalue weighted by Gasteiger charge is 2.56. The summed E-state index contributed by atoms with van der Waals surface area (Å²) in [5.74, 6) is -0.627. The molecule has 3 aromatic rings. The number of aromatic nitrogens is 1. The van der Waals surface area contributed by atoms with E-state index < -0.39 is 23.5 Å². The number of nitrogens with two attached hydrogens (primary N) is 1. The van der Waals surface area contributed by atoms with Crippen LogP contribution in [0.2, 0.25) is 0 Å². The molecule has 0 unspecified atom stereocenters. The highest BCUT2D eigenvalue weighted by atomic mass is 16.5. The number of aromatic amines is 1. The van der Waals surface area contributed by atoms with E-state index >= 15 is 0 Å². The van der Waals surface area contributed by atoms with Crippen molar-refractivity contribution in [1.29, 1.82) is 0 Å². The number of hydrogen-bond donors (Lipinski definition) is 4. The van der Waals surface area contributed by atoms with Crippen molar-refractivity contribution in [3.05, 3.63) is 65.4 Å². The molecule has 5 N–H and O–H groups in total. The SMILES string of the molecule is CCOC(=O)[C@@H]1C[C@]2(c3ccc4c(C[C@H](N)C(=O)OCC)c[nH]c4c3)c3ccccc3N[C@@H]2N1. The monoisotopic (exact) mass is 462 g/mol. The molecule has 1 aromatic heterocycles. The minimum atomic E-state index is -0.711. The van der Waals surface area contributed by atoms with Crippen molar-refractivity contribution in [1.82, 2.24) is 10.3 Å². The molecule has 2 aliphatic heterocycles. The molecule has 2 aliphatic rings. The fourth-order valence-electron chi connectivity index (χ4n) is 5.46. The molecule has 8 nitrogen and oxygen atoms in total. The van der Waals surface area contributed by atoms with Crippen LogP contribution in [-0.2, 0) is 30.9 Å². The van der Waals surface area contributed by atoms with Gasteiger partial charge in [-0.25, -0.2) is 0 Å². The summed E-state index contributed by atoms with van der Waals surface area (Å²) in [7, 11) is 0. The third-order valence-electron chi connectivity index (χ3n) is 6.98. The maximum absolute atomic E-state index is 12.6. The van der Waals surface area contributed by atoms with Crippen LogP contribution in [0, 0.1) is 0 Å². The molecule has 34 heavy (non-hydrogen) atoms. The van der Waals surface area contributed by atoms with Crippen LogP contribution < -0.4 is 16.4 Å². The Morgan fingerprint density at radius 1 is 1.15 bits per heavy atom. The van der Waals surface area contributed by atoms with Crippen molar-refractivity contribution in [2.75, 3.05) is 18.5 Å². The van der Waals surface area contributed by atoms with E-state index in [1.54, 1.807) is 6.92 Å². The van der Waals surface area contributed by atoms with Crippen LogP contribution in [0.1, 0.15) is 37.0 Å². The first-order valence-electron chi connectivity index (χ1n) is 11.8. The second kappa shape index (κ2) is 8.77. The summed E-state index contributed by atoms with van der Waals surface area (Å²) in [6.07, 6.45) is 2.75. The van der Waals surface area contributed by atoms with E-state index in [9.17, 15) is 9.59 Å². The molecular formula is C26H30N4O4. The summed E-state index contributed by atoms with van der Waals surface area (Å²) in [6, 6.07) is 13.4. The fourth-order valence-corrected chi connectivity index (χ4v) is 5.46. The zero-order valence-electron chi connectivity index (χ0n) is 19.4. The number of hydrogen-bond acceptors (Lipinski definition) is 7. The number of nitrogens with one attached hydrogen (secondary N) is 3. The van der Waals surface area contributed by atoms with E-state index in [-0.39, 0.29) is 12.1 Å². The number of esters is 2. The fraction of sp³-hybridized carbons (Fsp3) is 0.385. The highest BCUT2D eigenvalue weighted by Crippen LogP contribution is 2.51. The van der Waals surface area contributed by atoms with Gasteiger partial charge >= 0.3 is 11.9 Å². The van der Waals surface area contributed by atoms with Gasteiger partial charge < -0.3 is 25.5 Å². The maximum Gasteiger partial charge on any atom is 0.323 e. The van der Waals surface area contributed by atoms with E-state index in [0.29, 0.717) is 26.1 Å². The van der Waals surface area contributed by atoms with Crippen molar-refractivity contribution < 1.29 is 19.1 Å². The molecule has 0 amide bonds. The van der Waals surface area contributed by atoms with Gasteiger partial charge in [0.05, 0.1) is 24.8 Å². The Morgan fingerprint density at radius 3 is 2.74 bits per heavy atom. The molecule has 1 fully saturated rings. The Bertz CT molecular complexity index is 1240. The lowest BCUT2D eigenvalue weighted by Gasteiger charge is -2.30. The van der Waals surface area contributed by atoms with Gasteiger partial charge in [-0.15, -0.1) is 0 Å².